The highest BCUT2D eigenvalue weighted by Gasteiger charge is 2.44. The van der Waals surface area contributed by atoms with Gasteiger partial charge in [0.05, 0.1) is 18.8 Å². The smallest absolute Gasteiger partial charge is 0.407 e. The first-order valence-electron chi connectivity index (χ1n) is 14.0. The largest absolute Gasteiger partial charge is 0.493 e. The van der Waals surface area contributed by atoms with Crippen LogP contribution in [0.3, 0.4) is 0 Å². The fourth-order valence-corrected chi connectivity index (χ4v) is 6.08. The van der Waals surface area contributed by atoms with Crippen LogP contribution in [0.1, 0.15) is 44.2 Å². The molecule has 0 spiro atoms. The van der Waals surface area contributed by atoms with Gasteiger partial charge in [0.2, 0.25) is 0 Å². The molecule has 1 aliphatic carbocycles. The number of nitrogens with zero attached hydrogens (tertiary/aromatic N) is 1. The molecule has 3 atom stereocenters. The Balaban J connectivity index is 1.27. The van der Waals surface area contributed by atoms with E-state index in [4.69, 9.17) is 14.2 Å². The number of nitrogens with one attached hydrogen (secondary N) is 1. The number of fused-ring (bicyclic) bond motifs is 1. The Morgan fingerprint density at radius 3 is 2.28 bits per heavy atom. The van der Waals surface area contributed by atoms with E-state index in [1.54, 1.807) is 12.1 Å². The van der Waals surface area contributed by atoms with Crippen LogP contribution in [0, 0.1) is 11.7 Å². The van der Waals surface area contributed by atoms with E-state index >= 15 is 0 Å². The average Bonchev–Trinajstić information content (AvgIpc) is 3.52. The zero-order valence-electron chi connectivity index (χ0n) is 22.7. The van der Waals surface area contributed by atoms with E-state index in [0.717, 1.165) is 66.1 Å². The van der Waals surface area contributed by atoms with Crippen LogP contribution in [-0.4, -0.2) is 42.8 Å². The van der Waals surface area contributed by atoms with Gasteiger partial charge in [-0.3, -0.25) is 4.90 Å². The molecule has 1 saturated carbocycles. The quantitative estimate of drug-likeness (QED) is 0.320. The number of hydrogen-bond acceptors (Lipinski definition) is 5. The molecule has 3 aromatic rings. The van der Waals surface area contributed by atoms with E-state index in [1.165, 1.54) is 12.1 Å². The van der Waals surface area contributed by atoms with Gasteiger partial charge in [-0.2, -0.15) is 0 Å². The molecule has 1 unspecified atom stereocenters. The Kier molecular flexibility index (Phi) is 8.67. The topological polar surface area (TPSA) is 60.0 Å². The van der Waals surface area contributed by atoms with Gasteiger partial charge in [-0.25, -0.2) is 9.18 Å². The molecule has 0 aromatic heterocycles. The SMILES string of the molecule is CCOc1cc(CN2CC[C@@H]3C(NC(=O)OCc4ccccc4)CC[C@@H]32)cc(OCC)c1-c1ccc(F)cc1. The second-order valence-electron chi connectivity index (χ2n) is 10.2. The predicted octanol–water partition coefficient (Wildman–Crippen LogP) is 6.57. The first-order chi connectivity index (χ1) is 19.1. The number of hydrogen-bond donors (Lipinski definition) is 1. The molecule has 6 nitrogen and oxygen atoms in total. The highest BCUT2D eigenvalue weighted by Crippen LogP contribution is 2.42. The lowest BCUT2D eigenvalue weighted by atomic mass is 9.99. The fourth-order valence-electron chi connectivity index (χ4n) is 6.08. The summed E-state index contributed by atoms with van der Waals surface area (Å²) in [7, 11) is 0. The minimum atomic E-state index is -0.345. The fraction of sp³-hybridized carbons (Fsp3) is 0.406. The van der Waals surface area contributed by atoms with Crippen molar-refractivity contribution in [3.8, 4) is 22.6 Å². The van der Waals surface area contributed by atoms with Crippen LogP contribution in [0.25, 0.3) is 11.1 Å². The van der Waals surface area contributed by atoms with E-state index in [0.29, 0.717) is 25.2 Å². The molecule has 1 N–H and O–H groups in total. The highest BCUT2D eigenvalue weighted by molar-refractivity contribution is 5.77. The van der Waals surface area contributed by atoms with E-state index in [2.05, 4.69) is 22.3 Å². The third kappa shape index (κ3) is 6.36. The highest BCUT2D eigenvalue weighted by atomic mass is 19.1. The standard InChI is InChI=1S/C32H37FN2O4/c1-3-37-29-18-23(19-30(38-4-2)31(29)24-10-12-25(33)13-11-24)20-35-17-16-26-27(14-15-28(26)35)34-32(36)39-21-22-8-6-5-7-9-22/h5-13,18-19,26-28H,3-4,14-17,20-21H2,1-2H3,(H,34,36)/t26-,27?,28+/m1/s1. The second-order valence-corrected chi connectivity index (χ2v) is 10.2. The normalized spacial score (nSPS) is 20.4. The van der Waals surface area contributed by atoms with Gasteiger partial charge in [-0.15, -0.1) is 0 Å². The summed E-state index contributed by atoms with van der Waals surface area (Å²) in [6.45, 7) is 6.98. The molecule has 39 heavy (non-hydrogen) atoms. The summed E-state index contributed by atoms with van der Waals surface area (Å²) in [6, 6.07) is 20.9. The third-order valence-corrected chi connectivity index (χ3v) is 7.76. The molecule has 7 heteroatoms. The molecule has 5 rings (SSSR count). The maximum atomic E-state index is 13.6. The van der Waals surface area contributed by atoms with Gasteiger partial charge in [-0.1, -0.05) is 42.5 Å². The Morgan fingerprint density at radius 1 is 0.923 bits per heavy atom. The summed E-state index contributed by atoms with van der Waals surface area (Å²) >= 11 is 0. The van der Waals surface area contributed by atoms with Crippen molar-refractivity contribution < 1.29 is 23.4 Å². The van der Waals surface area contributed by atoms with Crippen molar-refractivity contribution in [1.29, 1.82) is 0 Å². The van der Waals surface area contributed by atoms with Crippen LogP contribution < -0.4 is 14.8 Å². The second kappa shape index (κ2) is 12.5. The van der Waals surface area contributed by atoms with E-state index in [9.17, 15) is 9.18 Å². The van der Waals surface area contributed by atoms with Crippen LogP contribution in [0.4, 0.5) is 9.18 Å². The van der Waals surface area contributed by atoms with E-state index in [-0.39, 0.29) is 24.6 Å². The number of ether oxygens (including phenoxy) is 3. The summed E-state index contributed by atoms with van der Waals surface area (Å²) in [5.41, 5.74) is 3.81. The molecule has 1 amide bonds. The number of carbonyl (C=O) groups is 1. The number of halogens is 1. The zero-order valence-corrected chi connectivity index (χ0v) is 22.7. The van der Waals surface area contributed by atoms with Crippen molar-refractivity contribution in [2.75, 3.05) is 19.8 Å². The molecular formula is C32H37FN2O4. The van der Waals surface area contributed by atoms with Crippen LogP contribution in [0.5, 0.6) is 11.5 Å². The molecule has 2 aliphatic rings. The molecule has 2 fully saturated rings. The lowest BCUT2D eigenvalue weighted by Crippen LogP contribution is -2.39. The van der Waals surface area contributed by atoms with Crippen molar-refractivity contribution >= 4 is 6.09 Å². The molecular weight excluding hydrogens is 495 g/mol. The van der Waals surface area contributed by atoms with Crippen molar-refractivity contribution in [2.24, 2.45) is 5.92 Å². The minimum absolute atomic E-state index is 0.127. The number of likely N-dealkylation sites (tertiary alicyclic amines) is 1. The zero-order chi connectivity index (χ0) is 27.2. The summed E-state index contributed by atoms with van der Waals surface area (Å²) in [4.78, 5) is 15.0. The summed E-state index contributed by atoms with van der Waals surface area (Å²) in [5, 5.41) is 3.13. The van der Waals surface area contributed by atoms with Crippen LogP contribution in [-0.2, 0) is 17.9 Å². The third-order valence-electron chi connectivity index (χ3n) is 7.76. The Morgan fingerprint density at radius 2 is 1.62 bits per heavy atom. The van der Waals surface area contributed by atoms with Gasteiger partial charge in [0, 0.05) is 18.6 Å². The first kappa shape index (κ1) is 27.0. The Labute approximate surface area is 230 Å². The van der Waals surface area contributed by atoms with Gasteiger partial charge in [0.1, 0.15) is 23.9 Å². The monoisotopic (exact) mass is 532 g/mol. The predicted molar refractivity (Wildman–Crippen MR) is 149 cm³/mol. The van der Waals surface area contributed by atoms with Gasteiger partial charge >= 0.3 is 6.09 Å². The lowest BCUT2D eigenvalue weighted by molar-refractivity contribution is 0.132. The van der Waals surface area contributed by atoms with Crippen molar-refractivity contribution in [2.45, 2.75) is 58.3 Å². The molecule has 1 heterocycles. The van der Waals surface area contributed by atoms with Gasteiger partial charge in [0.25, 0.3) is 0 Å². The maximum Gasteiger partial charge on any atom is 0.407 e. The molecule has 0 radical (unpaired) electrons. The number of alkyl carbamates (subject to hydrolysis) is 1. The minimum Gasteiger partial charge on any atom is -0.493 e. The van der Waals surface area contributed by atoms with Crippen molar-refractivity contribution in [1.82, 2.24) is 10.2 Å². The van der Waals surface area contributed by atoms with Crippen molar-refractivity contribution in [3.63, 3.8) is 0 Å². The molecule has 3 aromatic carbocycles. The van der Waals surface area contributed by atoms with Crippen LogP contribution >= 0.6 is 0 Å². The van der Waals surface area contributed by atoms with Gasteiger partial charge in [-0.05, 0) is 86.5 Å². The lowest BCUT2D eigenvalue weighted by Gasteiger charge is -2.25. The molecule has 1 saturated heterocycles. The van der Waals surface area contributed by atoms with Crippen LogP contribution in [0.2, 0.25) is 0 Å². The number of benzene rings is 3. The van der Waals surface area contributed by atoms with Crippen LogP contribution in [0.15, 0.2) is 66.7 Å². The molecule has 0 bridgehead atoms. The van der Waals surface area contributed by atoms with Gasteiger partial charge in [0.15, 0.2) is 0 Å². The Bertz CT molecular complexity index is 1220. The Hall–Kier alpha value is -3.58. The number of rotatable bonds is 10. The summed E-state index contributed by atoms with van der Waals surface area (Å²) < 4.78 is 31.2. The van der Waals surface area contributed by atoms with Gasteiger partial charge < -0.3 is 19.5 Å². The molecule has 206 valence electrons. The van der Waals surface area contributed by atoms with E-state index in [1.807, 2.05) is 44.2 Å². The average molecular weight is 533 g/mol. The number of carbonyl (C=O) groups excluding carboxylic acids is 1. The summed E-state index contributed by atoms with van der Waals surface area (Å²) in [6.07, 6.45) is 2.68. The summed E-state index contributed by atoms with van der Waals surface area (Å²) in [5.74, 6) is 1.62. The van der Waals surface area contributed by atoms with E-state index < -0.39 is 0 Å². The number of amides is 1. The first-order valence-corrected chi connectivity index (χ1v) is 14.0. The van der Waals surface area contributed by atoms with Crippen molar-refractivity contribution in [3.05, 3.63) is 83.7 Å². The molecule has 1 aliphatic heterocycles. The maximum absolute atomic E-state index is 13.6.